The fraction of sp³-hybridized carbons (Fsp3) is 0.143. The highest BCUT2D eigenvalue weighted by atomic mass is 32.1. The van der Waals surface area contributed by atoms with Crippen LogP contribution in [0.25, 0.3) is 10.2 Å². The number of thiophene rings is 1. The van der Waals surface area contributed by atoms with Gasteiger partial charge in [-0.15, -0.1) is 11.3 Å². The Labute approximate surface area is 124 Å². The predicted octanol–water partition coefficient (Wildman–Crippen LogP) is 3.47. The first-order valence-corrected chi connectivity index (χ1v) is 7.02. The van der Waals surface area contributed by atoms with Crippen LogP contribution in [0.3, 0.4) is 0 Å². The van der Waals surface area contributed by atoms with Crippen molar-refractivity contribution < 1.29 is 9.13 Å². The number of anilines is 3. The molecular formula is C14H13FN4OS. The van der Waals surface area contributed by atoms with Crippen LogP contribution in [0.15, 0.2) is 24.3 Å². The Morgan fingerprint density at radius 2 is 2.10 bits per heavy atom. The van der Waals surface area contributed by atoms with Gasteiger partial charge in [-0.2, -0.15) is 4.98 Å². The van der Waals surface area contributed by atoms with Gasteiger partial charge < -0.3 is 15.8 Å². The normalized spacial score (nSPS) is 10.8. The van der Waals surface area contributed by atoms with Crippen LogP contribution in [-0.4, -0.2) is 17.1 Å². The van der Waals surface area contributed by atoms with Crippen molar-refractivity contribution in [2.45, 2.75) is 6.92 Å². The van der Waals surface area contributed by atoms with E-state index in [1.165, 1.54) is 24.5 Å². The molecule has 0 saturated heterocycles. The van der Waals surface area contributed by atoms with E-state index in [1.807, 2.05) is 13.0 Å². The number of nitrogens with two attached hydrogens (primary N) is 1. The van der Waals surface area contributed by atoms with E-state index in [2.05, 4.69) is 15.3 Å². The fourth-order valence-electron chi connectivity index (χ4n) is 2.03. The molecule has 3 N–H and O–H groups in total. The zero-order valence-corrected chi connectivity index (χ0v) is 12.3. The first kappa shape index (κ1) is 13.6. The lowest BCUT2D eigenvalue weighted by Gasteiger charge is -2.09. The Kier molecular flexibility index (Phi) is 3.34. The largest absolute Gasteiger partial charge is 0.494 e. The molecule has 5 nitrogen and oxygen atoms in total. The van der Waals surface area contributed by atoms with Gasteiger partial charge in [-0.25, -0.2) is 9.37 Å². The molecule has 21 heavy (non-hydrogen) atoms. The Balaban J connectivity index is 2.03. The molecule has 1 aromatic carbocycles. The molecule has 0 spiro atoms. The van der Waals surface area contributed by atoms with Crippen molar-refractivity contribution in [3.05, 3.63) is 35.0 Å². The van der Waals surface area contributed by atoms with Gasteiger partial charge in [0, 0.05) is 16.6 Å². The highest BCUT2D eigenvalue weighted by Gasteiger charge is 2.11. The molecule has 0 unspecified atom stereocenters. The van der Waals surface area contributed by atoms with Gasteiger partial charge in [0.05, 0.1) is 12.5 Å². The minimum atomic E-state index is -0.442. The monoisotopic (exact) mass is 304 g/mol. The third-order valence-electron chi connectivity index (χ3n) is 2.95. The van der Waals surface area contributed by atoms with Gasteiger partial charge in [-0.05, 0) is 25.1 Å². The van der Waals surface area contributed by atoms with Crippen molar-refractivity contribution in [1.82, 2.24) is 9.97 Å². The van der Waals surface area contributed by atoms with Gasteiger partial charge in [0.1, 0.15) is 10.6 Å². The number of aryl methyl sites for hydroxylation is 1. The van der Waals surface area contributed by atoms with Crippen molar-refractivity contribution >= 4 is 39.0 Å². The first-order chi connectivity index (χ1) is 10.1. The molecule has 108 valence electrons. The second-order valence-electron chi connectivity index (χ2n) is 4.48. The predicted molar refractivity (Wildman–Crippen MR) is 82.8 cm³/mol. The summed E-state index contributed by atoms with van der Waals surface area (Å²) in [5.74, 6) is 0.494. The highest BCUT2D eigenvalue weighted by Crippen LogP contribution is 2.31. The van der Waals surface area contributed by atoms with Gasteiger partial charge >= 0.3 is 0 Å². The van der Waals surface area contributed by atoms with Crippen molar-refractivity contribution in [3.63, 3.8) is 0 Å². The summed E-state index contributed by atoms with van der Waals surface area (Å²) >= 11 is 1.54. The van der Waals surface area contributed by atoms with E-state index in [9.17, 15) is 4.39 Å². The maximum Gasteiger partial charge on any atom is 0.223 e. The summed E-state index contributed by atoms with van der Waals surface area (Å²) in [6, 6.07) is 6.59. The molecule has 0 fully saturated rings. The molecule has 7 heteroatoms. The minimum absolute atomic E-state index is 0.181. The summed E-state index contributed by atoms with van der Waals surface area (Å²) in [6.45, 7) is 1.99. The number of nitrogens with one attached hydrogen (secondary N) is 1. The minimum Gasteiger partial charge on any atom is -0.494 e. The number of fused-ring (bicyclic) bond motifs is 1. The average Bonchev–Trinajstić information content (AvgIpc) is 2.79. The Morgan fingerprint density at radius 1 is 1.29 bits per heavy atom. The molecule has 0 aliphatic heterocycles. The van der Waals surface area contributed by atoms with Crippen LogP contribution in [0.5, 0.6) is 5.75 Å². The molecule has 0 amide bonds. The topological polar surface area (TPSA) is 73.1 Å². The van der Waals surface area contributed by atoms with Gasteiger partial charge in [-0.1, -0.05) is 0 Å². The number of rotatable bonds is 3. The van der Waals surface area contributed by atoms with Crippen molar-refractivity contribution in [1.29, 1.82) is 0 Å². The van der Waals surface area contributed by atoms with Crippen molar-refractivity contribution in [2.75, 3.05) is 18.2 Å². The molecule has 0 aliphatic carbocycles. The summed E-state index contributed by atoms with van der Waals surface area (Å²) in [5.41, 5.74) is 6.28. The first-order valence-electron chi connectivity index (χ1n) is 6.21. The number of hydrogen-bond acceptors (Lipinski definition) is 6. The summed E-state index contributed by atoms with van der Waals surface area (Å²) in [5, 5.41) is 3.94. The van der Waals surface area contributed by atoms with Crippen LogP contribution in [0.1, 0.15) is 4.88 Å². The van der Waals surface area contributed by atoms with E-state index in [0.717, 1.165) is 15.1 Å². The summed E-state index contributed by atoms with van der Waals surface area (Å²) < 4.78 is 18.6. The number of nitrogens with zero attached hydrogens (tertiary/aromatic N) is 2. The molecule has 0 radical (unpaired) electrons. The standard InChI is InChI=1S/C14H13FN4OS/c1-7-5-9-12(18-14(16)19-13(9)21-7)17-8-3-4-11(20-2)10(15)6-8/h3-6H,1-2H3,(H3,16,17,18,19). The summed E-state index contributed by atoms with van der Waals surface area (Å²) in [7, 11) is 1.42. The molecule has 3 aromatic rings. The lowest BCUT2D eigenvalue weighted by Crippen LogP contribution is -2.00. The number of halogens is 1. The average molecular weight is 304 g/mol. The van der Waals surface area contributed by atoms with Crippen LogP contribution in [0.4, 0.5) is 21.8 Å². The lowest BCUT2D eigenvalue weighted by atomic mass is 10.2. The van der Waals surface area contributed by atoms with Crippen LogP contribution in [0.2, 0.25) is 0 Å². The zero-order chi connectivity index (χ0) is 15.0. The van der Waals surface area contributed by atoms with Crippen LogP contribution in [-0.2, 0) is 0 Å². The molecule has 0 bridgehead atoms. The number of nitrogen functional groups attached to an aromatic ring is 1. The fourth-order valence-corrected chi connectivity index (χ4v) is 2.92. The maximum absolute atomic E-state index is 13.7. The number of hydrogen-bond donors (Lipinski definition) is 2. The van der Waals surface area contributed by atoms with Gasteiger partial charge in [-0.3, -0.25) is 0 Å². The van der Waals surface area contributed by atoms with E-state index < -0.39 is 5.82 Å². The van der Waals surface area contributed by atoms with Crippen molar-refractivity contribution in [2.24, 2.45) is 0 Å². The number of benzene rings is 1. The summed E-state index contributed by atoms with van der Waals surface area (Å²) in [4.78, 5) is 10.3. The van der Waals surface area contributed by atoms with E-state index >= 15 is 0 Å². The molecule has 0 saturated carbocycles. The number of aromatic nitrogens is 2. The highest BCUT2D eigenvalue weighted by molar-refractivity contribution is 7.18. The third-order valence-corrected chi connectivity index (χ3v) is 3.89. The number of ether oxygens (including phenoxy) is 1. The Hall–Kier alpha value is -2.41. The second kappa shape index (κ2) is 5.17. The van der Waals surface area contributed by atoms with E-state index in [-0.39, 0.29) is 11.7 Å². The van der Waals surface area contributed by atoms with Crippen LogP contribution >= 0.6 is 11.3 Å². The molecule has 3 rings (SSSR count). The number of methoxy groups -OCH3 is 1. The van der Waals surface area contributed by atoms with E-state index in [4.69, 9.17) is 10.5 Å². The van der Waals surface area contributed by atoms with Gasteiger partial charge in [0.25, 0.3) is 0 Å². The Bertz CT molecular complexity index is 818. The van der Waals surface area contributed by atoms with Gasteiger partial charge in [0.15, 0.2) is 11.6 Å². The third kappa shape index (κ3) is 2.59. The van der Waals surface area contributed by atoms with Crippen LogP contribution in [0, 0.1) is 12.7 Å². The lowest BCUT2D eigenvalue weighted by molar-refractivity contribution is 0.386. The molecular weight excluding hydrogens is 291 g/mol. The van der Waals surface area contributed by atoms with Crippen molar-refractivity contribution in [3.8, 4) is 5.75 Å². The summed E-state index contributed by atoms with van der Waals surface area (Å²) in [6.07, 6.45) is 0. The van der Waals surface area contributed by atoms with Crippen LogP contribution < -0.4 is 15.8 Å². The Morgan fingerprint density at radius 3 is 2.81 bits per heavy atom. The van der Waals surface area contributed by atoms with E-state index in [1.54, 1.807) is 12.1 Å². The maximum atomic E-state index is 13.7. The molecule has 0 atom stereocenters. The smallest absolute Gasteiger partial charge is 0.223 e. The SMILES string of the molecule is COc1ccc(Nc2nc(N)nc3sc(C)cc23)cc1F. The molecule has 2 heterocycles. The molecule has 2 aromatic heterocycles. The molecule has 0 aliphatic rings. The zero-order valence-electron chi connectivity index (χ0n) is 11.5. The second-order valence-corrected chi connectivity index (χ2v) is 5.72. The van der Waals surface area contributed by atoms with Gasteiger partial charge in [0.2, 0.25) is 5.95 Å². The van der Waals surface area contributed by atoms with E-state index in [0.29, 0.717) is 11.5 Å². The quantitative estimate of drug-likeness (QED) is 0.775.